The average Bonchev–Trinajstić information content (AvgIpc) is 3.66. The number of fused-ring (bicyclic) bond motifs is 5. The number of phenolic OH excluding ortho intramolecular Hbond substituents is 1. The first-order valence-electron chi connectivity index (χ1n) is 22.9. The molecule has 1 unspecified atom stereocenters. The van der Waals surface area contributed by atoms with Crippen molar-refractivity contribution in [3.8, 4) is 28.5 Å². The zero-order valence-corrected chi connectivity index (χ0v) is 36.3. The standard InChI is InChI=1S/C48H57N9O7/c1-53(31-14-12-30(13-15-31)37-9-5-10-40-45(37)63-23-22-55(40)41-16-17-44(59)50-47(41)60)48(61)54-20-18-35(19-21-54)64-36-7-4-6-32(24-36)56-26-34-29-62-28-33(56)27-57(34)42-25-39(51-52-46(42)49)38-8-2-3-11-43(38)58/h2-11,24-25,30-31,33-35,41,58H,12-23,26-29H2,1H3,(H2,49,52)(H,50,59,60)/t30-,31-,33-,34?,41-/m1/s1. The maximum atomic E-state index is 13.9. The van der Waals surface area contributed by atoms with Gasteiger partial charge in [-0.2, -0.15) is 0 Å². The van der Waals surface area contributed by atoms with E-state index >= 15 is 0 Å². The molecule has 11 rings (SSSR count). The third-order valence-electron chi connectivity index (χ3n) is 14.3. The van der Waals surface area contributed by atoms with Crippen LogP contribution in [0.5, 0.6) is 17.2 Å². The second-order valence-electron chi connectivity index (χ2n) is 18.1. The fraction of sp³-hybridized carbons (Fsp3) is 0.479. The van der Waals surface area contributed by atoms with Gasteiger partial charge in [-0.15, -0.1) is 10.2 Å². The molecule has 1 aromatic heterocycles. The number of carbonyl (C=O) groups is 3. The Morgan fingerprint density at radius 3 is 2.41 bits per heavy atom. The van der Waals surface area contributed by atoms with Crippen LogP contribution in [0.4, 0.5) is 27.7 Å². The Hall–Kier alpha value is -6.29. The number of anilines is 4. The SMILES string of the molecule is CN(C(=O)N1CCC(Oc2cccc(N3CC4COC[C@H]3CN4c3cc(-c4ccccc4O)nnc3N)c2)CC1)[C@H]1CC[C@H](c2cccc3c2OCCN3[C@@H]2CCC(=O)NC2=O)CC1. The predicted octanol–water partition coefficient (Wildman–Crippen LogP) is 5.15. The molecule has 1 saturated carbocycles. The summed E-state index contributed by atoms with van der Waals surface area (Å²) in [6, 6.07) is 23.5. The maximum absolute atomic E-state index is 13.9. The van der Waals surface area contributed by atoms with Gasteiger partial charge in [0.1, 0.15) is 36.0 Å². The smallest absolute Gasteiger partial charge is 0.319 e. The molecular formula is C48H57N9O7. The molecule has 2 bridgehead atoms. The van der Waals surface area contributed by atoms with Crippen molar-refractivity contribution in [1.29, 1.82) is 0 Å². The predicted molar refractivity (Wildman–Crippen MR) is 242 cm³/mol. The van der Waals surface area contributed by atoms with Gasteiger partial charge in [-0.25, -0.2) is 4.79 Å². The van der Waals surface area contributed by atoms with Crippen LogP contribution in [0.25, 0.3) is 11.3 Å². The number of phenols is 1. The Morgan fingerprint density at radius 2 is 1.61 bits per heavy atom. The molecule has 7 aliphatic rings. The van der Waals surface area contributed by atoms with Crippen LogP contribution in [-0.4, -0.2) is 133 Å². The Labute approximate surface area is 373 Å². The molecule has 336 valence electrons. The Bertz CT molecular complexity index is 2390. The summed E-state index contributed by atoms with van der Waals surface area (Å²) in [6.45, 7) is 4.90. The average molecular weight is 872 g/mol. The number of aromatic hydroxyl groups is 1. The summed E-state index contributed by atoms with van der Waals surface area (Å²) < 4.78 is 19.0. The minimum Gasteiger partial charge on any atom is -0.507 e. The summed E-state index contributed by atoms with van der Waals surface area (Å²) >= 11 is 0. The molecule has 0 radical (unpaired) electrons. The lowest BCUT2D eigenvalue weighted by molar-refractivity contribution is -0.134. The van der Waals surface area contributed by atoms with Crippen LogP contribution in [0.3, 0.4) is 0 Å². The van der Waals surface area contributed by atoms with E-state index in [1.54, 1.807) is 12.1 Å². The van der Waals surface area contributed by atoms with Gasteiger partial charge in [-0.05, 0) is 80.0 Å². The van der Waals surface area contributed by atoms with Gasteiger partial charge >= 0.3 is 6.03 Å². The van der Waals surface area contributed by atoms with Crippen LogP contribution in [0, 0.1) is 0 Å². The zero-order valence-electron chi connectivity index (χ0n) is 36.3. The van der Waals surface area contributed by atoms with Crippen molar-refractivity contribution in [2.75, 3.05) is 80.0 Å². The van der Waals surface area contributed by atoms with Crippen molar-refractivity contribution in [2.45, 2.75) is 87.6 Å². The molecular weight excluding hydrogens is 815 g/mol. The van der Waals surface area contributed by atoms with Crippen LogP contribution < -0.4 is 35.2 Å². The first kappa shape index (κ1) is 41.7. The monoisotopic (exact) mass is 871 g/mol. The van der Waals surface area contributed by atoms with Gasteiger partial charge in [0.25, 0.3) is 0 Å². The molecule has 6 fully saturated rings. The third kappa shape index (κ3) is 8.19. The van der Waals surface area contributed by atoms with Gasteiger partial charge in [0.2, 0.25) is 11.8 Å². The first-order chi connectivity index (χ1) is 31.2. The van der Waals surface area contributed by atoms with E-state index in [0.29, 0.717) is 81.8 Å². The second kappa shape index (κ2) is 17.7. The number of aromatic nitrogens is 2. The number of ether oxygens (including phenoxy) is 3. The van der Waals surface area contributed by atoms with Crippen molar-refractivity contribution in [3.63, 3.8) is 0 Å². The van der Waals surface area contributed by atoms with Crippen LogP contribution in [0.15, 0.2) is 72.8 Å². The summed E-state index contributed by atoms with van der Waals surface area (Å²) in [7, 11) is 1.95. The van der Waals surface area contributed by atoms with E-state index in [2.05, 4.69) is 48.4 Å². The number of urea groups is 1. The van der Waals surface area contributed by atoms with E-state index in [9.17, 15) is 19.5 Å². The highest BCUT2D eigenvalue weighted by Gasteiger charge is 2.40. The lowest BCUT2D eigenvalue weighted by Gasteiger charge is -2.45. The molecule has 0 spiro atoms. The summed E-state index contributed by atoms with van der Waals surface area (Å²) in [6.07, 6.45) is 6.06. The molecule has 64 heavy (non-hydrogen) atoms. The molecule has 4 aromatic rings. The van der Waals surface area contributed by atoms with Crippen LogP contribution >= 0.6 is 0 Å². The van der Waals surface area contributed by atoms with Crippen LogP contribution in [-0.2, 0) is 14.3 Å². The van der Waals surface area contributed by atoms with Crippen molar-refractivity contribution in [1.82, 2.24) is 25.3 Å². The van der Waals surface area contributed by atoms with E-state index < -0.39 is 0 Å². The van der Waals surface area contributed by atoms with Crippen molar-refractivity contribution in [2.24, 2.45) is 0 Å². The van der Waals surface area contributed by atoms with Gasteiger partial charge < -0.3 is 49.6 Å². The summed E-state index contributed by atoms with van der Waals surface area (Å²) in [5, 5.41) is 21.6. The fourth-order valence-corrected chi connectivity index (χ4v) is 10.8. The Kier molecular flexibility index (Phi) is 11.5. The first-order valence-corrected chi connectivity index (χ1v) is 22.9. The Balaban J connectivity index is 0.721. The van der Waals surface area contributed by atoms with Gasteiger partial charge in [-0.1, -0.05) is 30.3 Å². The van der Waals surface area contributed by atoms with Crippen molar-refractivity contribution < 1.29 is 33.7 Å². The molecule has 4 N–H and O–H groups in total. The molecule has 16 nitrogen and oxygen atoms in total. The van der Waals surface area contributed by atoms with Gasteiger partial charge in [0.15, 0.2) is 5.82 Å². The van der Waals surface area contributed by atoms with Gasteiger partial charge in [-0.3, -0.25) is 14.9 Å². The van der Waals surface area contributed by atoms with Crippen LogP contribution in [0.1, 0.15) is 62.8 Å². The highest BCUT2D eigenvalue weighted by Crippen LogP contribution is 2.45. The van der Waals surface area contributed by atoms with E-state index in [1.807, 2.05) is 59.3 Å². The minimum absolute atomic E-state index is 0.00444. The molecule has 16 heteroatoms. The molecule has 7 heterocycles. The van der Waals surface area contributed by atoms with Crippen LogP contribution in [0.2, 0.25) is 0 Å². The van der Waals surface area contributed by atoms with E-state index in [1.165, 1.54) is 5.56 Å². The number of carbonyl (C=O) groups excluding carboxylic acids is 3. The number of likely N-dealkylation sites (tertiary alicyclic amines) is 1. The molecule has 4 amide bonds. The number of amides is 4. The number of rotatable bonds is 8. The number of para-hydroxylation sites is 2. The maximum Gasteiger partial charge on any atom is 0.319 e. The highest BCUT2D eigenvalue weighted by atomic mass is 16.5. The highest BCUT2D eigenvalue weighted by molar-refractivity contribution is 6.02. The number of imide groups is 1. The molecule has 1 aliphatic carbocycles. The zero-order chi connectivity index (χ0) is 43.9. The number of nitrogen functional groups attached to an aromatic ring is 1. The van der Waals surface area contributed by atoms with Gasteiger partial charge in [0, 0.05) is 75.8 Å². The summed E-state index contributed by atoms with van der Waals surface area (Å²) in [4.78, 5) is 49.2. The number of nitrogens with two attached hydrogens (primary N) is 1. The second-order valence-corrected chi connectivity index (χ2v) is 18.1. The number of hydrogen-bond acceptors (Lipinski definition) is 13. The lowest BCUT2D eigenvalue weighted by atomic mass is 9.80. The van der Waals surface area contributed by atoms with Gasteiger partial charge in [0.05, 0.1) is 48.9 Å². The number of benzene rings is 3. The number of hydrogen-bond donors (Lipinski definition) is 3. The van der Waals surface area contributed by atoms with E-state index in [4.69, 9.17) is 19.9 Å². The molecule has 6 aliphatic heterocycles. The molecule has 3 aromatic carbocycles. The van der Waals surface area contributed by atoms with Crippen molar-refractivity contribution >= 4 is 40.7 Å². The number of nitrogens with one attached hydrogen (secondary N) is 1. The number of nitrogens with zero attached hydrogens (tertiary/aromatic N) is 7. The molecule has 5 saturated heterocycles. The Morgan fingerprint density at radius 1 is 0.844 bits per heavy atom. The summed E-state index contributed by atoms with van der Waals surface area (Å²) in [5.41, 5.74) is 11.5. The minimum atomic E-state index is -0.379. The summed E-state index contributed by atoms with van der Waals surface area (Å²) in [5.74, 6) is 2.01. The lowest BCUT2D eigenvalue weighted by Crippen LogP contribution is -2.58. The fourth-order valence-electron chi connectivity index (χ4n) is 10.8. The topological polar surface area (TPSA) is 179 Å². The van der Waals surface area contributed by atoms with Crippen molar-refractivity contribution in [3.05, 3.63) is 78.4 Å². The quantitative estimate of drug-likeness (QED) is 0.198. The number of piperidine rings is 2. The third-order valence-corrected chi connectivity index (χ3v) is 14.3. The normalized spacial score (nSPS) is 25.0. The number of piperazine rings is 1. The largest absolute Gasteiger partial charge is 0.507 e. The van der Waals surface area contributed by atoms with E-state index in [-0.39, 0.29) is 53.9 Å². The molecule has 3 atom stereocenters. The van der Waals surface area contributed by atoms with E-state index in [0.717, 1.165) is 73.6 Å².